The molecule has 1 aliphatic carbocycles. The number of hydrazine groups is 1. The summed E-state index contributed by atoms with van der Waals surface area (Å²) in [4.78, 5) is 0. The van der Waals surface area contributed by atoms with Crippen molar-refractivity contribution in [3.05, 3.63) is 0 Å². The highest BCUT2D eigenvalue weighted by Crippen LogP contribution is 2.29. The molecule has 1 saturated carbocycles. The molecule has 1 atom stereocenters. The van der Waals surface area contributed by atoms with Gasteiger partial charge < -0.3 is 0 Å². The van der Waals surface area contributed by atoms with Gasteiger partial charge in [0, 0.05) is 6.54 Å². The van der Waals surface area contributed by atoms with Crippen LogP contribution >= 0.6 is 0 Å². The van der Waals surface area contributed by atoms with Crippen LogP contribution in [0.5, 0.6) is 0 Å². The second-order valence-electron chi connectivity index (χ2n) is 3.78. The quantitative estimate of drug-likeness (QED) is 0.482. The molecule has 66 valence electrons. The fraction of sp³-hybridized carbons (Fsp3) is 1.00. The van der Waals surface area contributed by atoms with Gasteiger partial charge in [-0.2, -0.15) is 0 Å². The molecule has 1 fully saturated rings. The molecule has 1 aliphatic rings. The molecule has 1 rings (SSSR count). The SMILES string of the molecule is CC(CNN)C1CCCCC1. The van der Waals surface area contributed by atoms with E-state index in [4.69, 9.17) is 5.84 Å². The topological polar surface area (TPSA) is 38.0 Å². The van der Waals surface area contributed by atoms with Gasteiger partial charge in [-0.05, 0) is 11.8 Å². The molecule has 0 aromatic carbocycles. The molecule has 0 heterocycles. The zero-order valence-electron chi connectivity index (χ0n) is 7.47. The first-order chi connectivity index (χ1) is 5.34. The molecule has 0 bridgehead atoms. The van der Waals surface area contributed by atoms with E-state index in [1.165, 1.54) is 32.1 Å². The Morgan fingerprint density at radius 2 is 2.00 bits per heavy atom. The van der Waals surface area contributed by atoms with Crippen LogP contribution in [0, 0.1) is 11.8 Å². The molecule has 0 spiro atoms. The molecule has 0 radical (unpaired) electrons. The molecule has 0 aromatic heterocycles. The first-order valence-electron chi connectivity index (χ1n) is 4.78. The third-order valence-corrected chi connectivity index (χ3v) is 2.89. The van der Waals surface area contributed by atoms with E-state index in [-0.39, 0.29) is 0 Å². The summed E-state index contributed by atoms with van der Waals surface area (Å²) in [5.74, 6) is 6.98. The molecular formula is C9H20N2. The van der Waals surface area contributed by atoms with Crippen molar-refractivity contribution in [3.63, 3.8) is 0 Å². The van der Waals surface area contributed by atoms with Crippen LogP contribution in [0.2, 0.25) is 0 Å². The summed E-state index contributed by atoms with van der Waals surface area (Å²) in [5.41, 5.74) is 2.76. The number of hydrogen-bond acceptors (Lipinski definition) is 2. The van der Waals surface area contributed by atoms with Crippen LogP contribution in [0.1, 0.15) is 39.0 Å². The van der Waals surface area contributed by atoms with Crippen LogP contribution in [0.3, 0.4) is 0 Å². The van der Waals surface area contributed by atoms with E-state index in [0.717, 1.165) is 18.4 Å². The Morgan fingerprint density at radius 3 is 2.55 bits per heavy atom. The van der Waals surface area contributed by atoms with Crippen LogP contribution < -0.4 is 11.3 Å². The molecular weight excluding hydrogens is 136 g/mol. The highest BCUT2D eigenvalue weighted by Gasteiger charge is 2.18. The lowest BCUT2D eigenvalue weighted by atomic mass is 9.81. The van der Waals surface area contributed by atoms with Gasteiger partial charge >= 0.3 is 0 Å². The normalized spacial score (nSPS) is 23.5. The second kappa shape index (κ2) is 4.73. The molecule has 0 amide bonds. The van der Waals surface area contributed by atoms with Gasteiger partial charge in [-0.25, -0.2) is 0 Å². The third kappa shape index (κ3) is 2.80. The fourth-order valence-corrected chi connectivity index (χ4v) is 2.06. The Morgan fingerprint density at radius 1 is 1.36 bits per heavy atom. The molecule has 0 aliphatic heterocycles. The fourth-order valence-electron chi connectivity index (χ4n) is 2.06. The predicted molar refractivity (Wildman–Crippen MR) is 47.9 cm³/mol. The van der Waals surface area contributed by atoms with Gasteiger partial charge in [-0.1, -0.05) is 39.0 Å². The number of nitrogens with two attached hydrogens (primary N) is 1. The predicted octanol–water partition coefficient (Wildman–Crippen LogP) is 1.67. The lowest BCUT2D eigenvalue weighted by molar-refractivity contribution is 0.257. The summed E-state index contributed by atoms with van der Waals surface area (Å²) in [6.07, 6.45) is 7.14. The van der Waals surface area contributed by atoms with Gasteiger partial charge in [0.15, 0.2) is 0 Å². The molecule has 0 aromatic rings. The zero-order chi connectivity index (χ0) is 8.10. The van der Waals surface area contributed by atoms with Gasteiger partial charge in [0.1, 0.15) is 0 Å². The summed E-state index contributed by atoms with van der Waals surface area (Å²) < 4.78 is 0. The summed E-state index contributed by atoms with van der Waals surface area (Å²) in [6.45, 7) is 3.28. The van der Waals surface area contributed by atoms with E-state index in [0.29, 0.717) is 0 Å². The van der Waals surface area contributed by atoms with E-state index in [2.05, 4.69) is 12.3 Å². The Hall–Kier alpha value is -0.0800. The average Bonchev–Trinajstić information content (AvgIpc) is 2.07. The summed E-state index contributed by atoms with van der Waals surface area (Å²) in [5, 5.41) is 0. The van der Waals surface area contributed by atoms with Crippen LogP contribution in [-0.2, 0) is 0 Å². The lowest BCUT2D eigenvalue weighted by Gasteiger charge is -2.27. The van der Waals surface area contributed by atoms with Crippen molar-refractivity contribution in [2.24, 2.45) is 17.7 Å². The van der Waals surface area contributed by atoms with Crippen molar-refractivity contribution in [2.45, 2.75) is 39.0 Å². The third-order valence-electron chi connectivity index (χ3n) is 2.89. The monoisotopic (exact) mass is 156 g/mol. The largest absolute Gasteiger partial charge is 0.271 e. The van der Waals surface area contributed by atoms with Crippen LogP contribution in [0.15, 0.2) is 0 Å². The van der Waals surface area contributed by atoms with Gasteiger partial charge in [0.05, 0.1) is 0 Å². The molecule has 3 N–H and O–H groups in total. The maximum absolute atomic E-state index is 5.29. The number of nitrogens with one attached hydrogen (secondary N) is 1. The minimum Gasteiger partial charge on any atom is -0.271 e. The van der Waals surface area contributed by atoms with E-state index >= 15 is 0 Å². The Kier molecular flexibility index (Phi) is 3.87. The van der Waals surface area contributed by atoms with Crippen molar-refractivity contribution in [2.75, 3.05) is 6.54 Å². The van der Waals surface area contributed by atoms with E-state index in [9.17, 15) is 0 Å². The average molecular weight is 156 g/mol. The highest BCUT2D eigenvalue weighted by molar-refractivity contribution is 4.71. The lowest BCUT2D eigenvalue weighted by Crippen LogP contribution is -2.31. The van der Waals surface area contributed by atoms with Gasteiger partial charge in [0.25, 0.3) is 0 Å². The molecule has 0 saturated heterocycles. The smallest absolute Gasteiger partial charge is 0.0126 e. The molecule has 11 heavy (non-hydrogen) atoms. The molecule has 2 nitrogen and oxygen atoms in total. The first-order valence-corrected chi connectivity index (χ1v) is 4.78. The van der Waals surface area contributed by atoms with Gasteiger partial charge in [0.2, 0.25) is 0 Å². The van der Waals surface area contributed by atoms with Crippen molar-refractivity contribution in [3.8, 4) is 0 Å². The maximum atomic E-state index is 5.29. The maximum Gasteiger partial charge on any atom is 0.0126 e. The summed E-state index contributed by atoms with van der Waals surface area (Å²) >= 11 is 0. The van der Waals surface area contributed by atoms with Crippen LogP contribution in [0.4, 0.5) is 0 Å². The molecule has 1 unspecified atom stereocenters. The van der Waals surface area contributed by atoms with Crippen LogP contribution in [-0.4, -0.2) is 6.54 Å². The van der Waals surface area contributed by atoms with Crippen molar-refractivity contribution in [1.82, 2.24) is 5.43 Å². The number of hydrogen-bond donors (Lipinski definition) is 2. The standard InChI is InChI=1S/C9H20N2/c1-8(7-11-10)9-5-3-2-4-6-9/h8-9,11H,2-7,10H2,1H3. The summed E-state index contributed by atoms with van der Waals surface area (Å²) in [7, 11) is 0. The van der Waals surface area contributed by atoms with Gasteiger partial charge in [-0.15, -0.1) is 0 Å². The highest BCUT2D eigenvalue weighted by atomic mass is 15.2. The Balaban J connectivity index is 2.21. The Bertz CT molecular complexity index is 97.7. The summed E-state index contributed by atoms with van der Waals surface area (Å²) in [6, 6.07) is 0. The van der Waals surface area contributed by atoms with E-state index in [1.54, 1.807) is 0 Å². The molecule has 2 heteroatoms. The second-order valence-corrected chi connectivity index (χ2v) is 3.78. The minimum absolute atomic E-state index is 0.764. The van der Waals surface area contributed by atoms with Crippen molar-refractivity contribution >= 4 is 0 Å². The Labute approximate surface area is 69.5 Å². The van der Waals surface area contributed by atoms with Crippen molar-refractivity contribution < 1.29 is 0 Å². The van der Waals surface area contributed by atoms with E-state index < -0.39 is 0 Å². The van der Waals surface area contributed by atoms with E-state index in [1.807, 2.05) is 0 Å². The van der Waals surface area contributed by atoms with Crippen LogP contribution in [0.25, 0.3) is 0 Å². The number of rotatable bonds is 3. The van der Waals surface area contributed by atoms with Gasteiger partial charge in [-0.3, -0.25) is 11.3 Å². The first kappa shape index (κ1) is 9.01. The van der Waals surface area contributed by atoms with Crippen molar-refractivity contribution in [1.29, 1.82) is 0 Å². The zero-order valence-corrected chi connectivity index (χ0v) is 7.47. The minimum atomic E-state index is 0.764.